The molecule has 0 saturated carbocycles. The first-order chi connectivity index (χ1) is 11.7. The highest BCUT2D eigenvalue weighted by Crippen LogP contribution is 2.42. The van der Waals surface area contributed by atoms with Crippen LogP contribution in [0, 0.1) is 0 Å². The Morgan fingerprint density at radius 3 is 2.62 bits per heavy atom. The van der Waals surface area contributed by atoms with E-state index in [1.165, 1.54) is 13.2 Å². The topological polar surface area (TPSA) is 91.3 Å². The summed E-state index contributed by atoms with van der Waals surface area (Å²) in [6, 6.07) is 6.45. The summed E-state index contributed by atoms with van der Waals surface area (Å²) in [5.74, 6) is 1.07. The van der Waals surface area contributed by atoms with Gasteiger partial charge in [0.15, 0.2) is 28.4 Å². The van der Waals surface area contributed by atoms with Gasteiger partial charge >= 0.3 is 5.63 Å². The summed E-state index contributed by atoms with van der Waals surface area (Å²) in [6.45, 7) is 0.133. The van der Waals surface area contributed by atoms with Gasteiger partial charge in [-0.3, -0.25) is 0 Å². The van der Waals surface area contributed by atoms with Crippen LogP contribution < -0.4 is 19.8 Å². The molecule has 0 saturated heterocycles. The predicted octanol–water partition coefficient (Wildman–Crippen LogP) is 3.14. The van der Waals surface area contributed by atoms with E-state index in [0.717, 1.165) is 0 Å². The number of hydrogen-bond donors (Lipinski definition) is 1. The van der Waals surface area contributed by atoms with E-state index in [1.54, 1.807) is 18.2 Å². The van der Waals surface area contributed by atoms with Gasteiger partial charge in [-0.15, -0.1) is 0 Å². The van der Waals surface area contributed by atoms with Crippen molar-refractivity contribution >= 4 is 32.9 Å². The zero-order chi connectivity index (χ0) is 16.4. The lowest BCUT2D eigenvalue weighted by Crippen LogP contribution is -1.99. The molecule has 2 aromatic heterocycles. The molecule has 4 aromatic rings. The number of furan rings is 1. The standard InChI is InChI=1S/C17H10O7/c1-20-16-9(18)3-2-7-14-13(17(19)24-15(7)16)8-4-11-12(22-6-21-11)5-10(8)23-14/h2-5,18H,6H2,1H3. The van der Waals surface area contributed by atoms with E-state index >= 15 is 0 Å². The highest BCUT2D eigenvalue weighted by molar-refractivity contribution is 6.14. The highest BCUT2D eigenvalue weighted by Gasteiger charge is 2.23. The van der Waals surface area contributed by atoms with Crippen LogP contribution in [0.4, 0.5) is 0 Å². The van der Waals surface area contributed by atoms with Crippen LogP contribution in [0.5, 0.6) is 23.0 Å². The Kier molecular flexibility index (Phi) is 2.38. The summed E-state index contributed by atoms with van der Waals surface area (Å²) in [5, 5.41) is 11.3. The van der Waals surface area contributed by atoms with E-state index in [1.807, 2.05) is 0 Å². The molecule has 0 amide bonds. The van der Waals surface area contributed by atoms with Gasteiger partial charge in [0.25, 0.3) is 0 Å². The van der Waals surface area contributed by atoms with Crippen LogP contribution in [0.15, 0.2) is 37.9 Å². The molecule has 0 unspecified atom stereocenters. The lowest BCUT2D eigenvalue weighted by atomic mass is 10.1. The van der Waals surface area contributed by atoms with Crippen molar-refractivity contribution in [3.05, 3.63) is 34.7 Å². The van der Waals surface area contributed by atoms with Crippen LogP contribution in [0.1, 0.15) is 0 Å². The van der Waals surface area contributed by atoms with Gasteiger partial charge < -0.3 is 28.2 Å². The van der Waals surface area contributed by atoms with E-state index in [0.29, 0.717) is 38.8 Å². The first-order valence-corrected chi connectivity index (χ1v) is 7.16. The van der Waals surface area contributed by atoms with Crippen molar-refractivity contribution in [1.29, 1.82) is 0 Å². The Morgan fingerprint density at radius 1 is 1.04 bits per heavy atom. The second-order valence-electron chi connectivity index (χ2n) is 5.39. The van der Waals surface area contributed by atoms with Gasteiger partial charge in [0, 0.05) is 11.5 Å². The molecule has 5 rings (SSSR count). The highest BCUT2D eigenvalue weighted by atomic mass is 16.7. The maximum absolute atomic E-state index is 12.5. The predicted molar refractivity (Wildman–Crippen MR) is 84.1 cm³/mol. The molecule has 120 valence electrons. The fourth-order valence-corrected chi connectivity index (χ4v) is 3.05. The van der Waals surface area contributed by atoms with Crippen LogP contribution in [0.25, 0.3) is 32.9 Å². The number of fused-ring (bicyclic) bond motifs is 6. The summed E-state index contributed by atoms with van der Waals surface area (Å²) in [4.78, 5) is 12.5. The molecule has 1 aliphatic heterocycles. The lowest BCUT2D eigenvalue weighted by Gasteiger charge is -2.05. The first kappa shape index (κ1) is 13.1. The second kappa shape index (κ2) is 4.35. The molecular weight excluding hydrogens is 316 g/mol. The van der Waals surface area contributed by atoms with E-state index in [9.17, 15) is 9.90 Å². The number of methoxy groups -OCH3 is 1. The maximum atomic E-state index is 12.5. The zero-order valence-corrected chi connectivity index (χ0v) is 12.4. The first-order valence-electron chi connectivity index (χ1n) is 7.16. The third-order valence-corrected chi connectivity index (χ3v) is 4.12. The Labute approximate surface area is 133 Å². The number of aromatic hydroxyl groups is 1. The molecule has 3 heterocycles. The molecule has 7 nitrogen and oxygen atoms in total. The van der Waals surface area contributed by atoms with Gasteiger partial charge in [0.2, 0.25) is 12.5 Å². The minimum atomic E-state index is -0.584. The normalized spacial score (nSPS) is 13.2. The summed E-state index contributed by atoms with van der Waals surface area (Å²) >= 11 is 0. The van der Waals surface area contributed by atoms with Crippen molar-refractivity contribution in [1.82, 2.24) is 0 Å². The molecule has 0 bridgehead atoms. The third kappa shape index (κ3) is 1.53. The molecule has 0 atom stereocenters. The summed E-state index contributed by atoms with van der Waals surface area (Å²) < 4.78 is 27.1. The quantitative estimate of drug-likeness (QED) is 0.537. The number of rotatable bonds is 1. The van der Waals surface area contributed by atoms with Crippen molar-refractivity contribution in [2.24, 2.45) is 0 Å². The van der Waals surface area contributed by atoms with Crippen LogP contribution in [-0.2, 0) is 0 Å². The minimum absolute atomic E-state index is 0.0844. The fraction of sp³-hybridized carbons (Fsp3) is 0.118. The second-order valence-corrected chi connectivity index (χ2v) is 5.39. The van der Waals surface area contributed by atoms with Crippen LogP contribution >= 0.6 is 0 Å². The number of benzene rings is 2. The number of phenolic OH excluding ortho intramolecular Hbond substituents is 1. The van der Waals surface area contributed by atoms with Crippen molar-refractivity contribution in [3.63, 3.8) is 0 Å². The molecular formula is C17H10O7. The van der Waals surface area contributed by atoms with Gasteiger partial charge in [0.05, 0.1) is 12.5 Å². The Bertz CT molecular complexity index is 1200. The number of phenols is 1. The van der Waals surface area contributed by atoms with Crippen LogP contribution in [0.3, 0.4) is 0 Å². The van der Waals surface area contributed by atoms with E-state index < -0.39 is 5.63 Å². The largest absolute Gasteiger partial charge is 0.504 e. The third-order valence-electron chi connectivity index (χ3n) is 4.12. The molecule has 0 radical (unpaired) electrons. The molecule has 1 N–H and O–H groups in total. The Balaban J connectivity index is 2.00. The van der Waals surface area contributed by atoms with E-state index in [-0.39, 0.29) is 23.9 Å². The summed E-state index contributed by atoms with van der Waals surface area (Å²) in [5.41, 5.74) is 0.396. The summed E-state index contributed by atoms with van der Waals surface area (Å²) in [7, 11) is 1.39. The fourth-order valence-electron chi connectivity index (χ4n) is 3.05. The van der Waals surface area contributed by atoms with Crippen molar-refractivity contribution in [3.8, 4) is 23.0 Å². The average molecular weight is 326 g/mol. The van der Waals surface area contributed by atoms with Crippen molar-refractivity contribution in [2.45, 2.75) is 0 Å². The van der Waals surface area contributed by atoms with Crippen LogP contribution in [0.2, 0.25) is 0 Å². The summed E-state index contributed by atoms with van der Waals surface area (Å²) in [6.07, 6.45) is 0. The number of hydrogen-bond acceptors (Lipinski definition) is 7. The monoisotopic (exact) mass is 326 g/mol. The Morgan fingerprint density at radius 2 is 1.83 bits per heavy atom. The molecule has 1 aliphatic rings. The van der Waals surface area contributed by atoms with Crippen molar-refractivity contribution in [2.75, 3.05) is 13.9 Å². The molecule has 24 heavy (non-hydrogen) atoms. The SMILES string of the molecule is COc1c(O)ccc2c1oc(=O)c1c3cc4c(cc3oc21)OCO4. The number of ether oxygens (including phenoxy) is 3. The van der Waals surface area contributed by atoms with E-state index in [2.05, 4.69) is 0 Å². The lowest BCUT2D eigenvalue weighted by molar-refractivity contribution is 0.174. The minimum Gasteiger partial charge on any atom is -0.504 e. The molecule has 0 aliphatic carbocycles. The smallest absolute Gasteiger partial charge is 0.348 e. The maximum Gasteiger partial charge on any atom is 0.348 e. The average Bonchev–Trinajstić information content (AvgIpc) is 3.16. The van der Waals surface area contributed by atoms with E-state index in [4.69, 9.17) is 23.0 Å². The van der Waals surface area contributed by atoms with Gasteiger partial charge in [-0.25, -0.2) is 4.79 Å². The Hall–Kier alpha value is -3.35. The van der Waals surface area contributed by atoms with Gasteiger partial charge in [-0.1, -0.05) is 0 Å². The molecule has 0 fully saturated rings. The van der Waals surface area contributed by atoms with Crippen molar-refractivity contribution < 1.29 is 28.2 Å². The molecule has 7 heteroatoms. The van der Waals surface area contributed by atoms with Gasteiger partial charge in [-0.05, 0) is 18.2 Å². The molecule has 0 spiro atoms. The van der Waals surface area contributed by atoms with Crippen LogP contribution in [-0.4, -0.2) is 19.0 Å². The van der Waals surface area contributed by atoms with Gasteiger partial charge in [0.1, 0.15) is 11.0 Å². The van der Waals surface area contributed by atoms with Gasteiger partial charge in [-0.2, -0.15) is 0 Å². The molecule has 2 aromatic carbocycles. The zero-order valence-electron chi connectivity index (χ0n) is 12.4.